The van der Waals surface area contributed by atoms with Crippen LogP contribution in [0.2, 0.25) is 0 Å². The molecule has 1 saturated heterocycles. The lowest BCUT2D eigenvalue weighted by Crippen LogP contribution is -2.32. The SMILES string of the molecule is Cc1cc2c(cc1C)NC(C)(C)C/C(=C1/C(=O)CSC1(C)C)N2. The maximum atomic E-state index is 12.5. The van der Waals surface area contributed by atoms with Gasteiger partial charge in [0.15, 0.2) is 5.78 Å². The van der Waals surface area contributed by atoms with E-state index in [0.29, 0.717) is 5.75 Å². The van der Waals surface area contributed by atoms with Gasteiger partial charge in [0.1, 0.15) is 0 Å². The molecule has 0 unspecified atom stereocenters. The lowest BCUT2D eigenvalue weighted by atomic mass is 9.90. The monoisotopic (exact) mass is 330 g/mol. The van der Waals surface area contributed by atoms with Crippen LogP contribution >= 0.6 is 11.8 Å². The van der Waals surface area contributed by atoms with Gasteiger partial charge in [-0.3, -0.25) is 4.79 Å². The molecule has 1 aromatic rings. The van der Waals surface area contributed by atoms with Gasteiger partial charge in [0.05, 0.1) is 17.1 Å². The molecule has 0 bridgehead atoms. The van der Waals surface area contributed by atoms with Crippen molar-refractivity contribution in [2.45, 2.75) is 58.2 Å². The molecular weight excluding hydrogens is 304 g/mol. The third kappa shape index (κ3) is 3.01. The number of hydrogen-bond donors (Lipinski definition) is 2. The zero-order valence-corrected chi connectivity index (χ0v) is 15.7. The zero-order chi connectivity index (χ0) is 17.0. The van der Waals surface area contributed by atoms with Gasteiger partial charge in [-0.05, 0) is 64.8 Å². The standard InChI is InChI=1S/C19H26N2OS/c1-11-7-13-14(8-12(11)2)21-18(3,4)9-15(20-13)17-16(22)10-23-19(17,5)6/h7-8,20-21H,9-10H2,1-6H3/b17-15+. The Hall–Kier alpha value is -1.42. The molecule has 23 heavy (non-hydrogen) atoms. The van der Waals surface area contributed by atoms with Crippen molar-refractivity contribution in [1.82, 2.24) is 0 Å². The molecule has 0 amide bonds. The summed E-state index contributed by atoms with van der Waals surface area (Å²) in [5, 5.41) is 7.24. The van der Waals surface area contributed by atoms with Crippen LogP contribution in [0.25, 0.3) is 0 Å². The van der Waals surface area contributed by atoms with Gasteiger partial charge >= 0.3 is 0 Å². The minimum absolute atomic E-state index is 0.105. The number of Topliss-reactive ketones (excluding diaryl/α,β-unsaturated/α-hetero) is 1. The predicted octanol–water partition coefficient (Wildman–Crippen LogP) is 4.66. The molecule has 3 nitrogen and oxygen atoms in total. The largest absolute Gasteiger partial charge is 0.378 e. The fraction of sp³-hybridized carbons (Fsp3) is 0.526. The van der Waals surface area contributed by atoms with Gasteiger partial charge in [0.25, 0.3) is 0 Å². The summed E-state index contributed by atoms with van der Waals surface area (Å²) < 4.78 is -0.125. The molecule has 1 aromatic carbocycles. The first-order valence-electron chi connectivity index (χ1n) is 8.16. The van der Waals surface area contributed by atoms with Crippen molar-refractivity contribution in [2.75, 3.05) is 16.4 Å². The number of ketones is 1. The Balaban J connectivity index is 2.17. The number of carbonyl (C=O) groups is 1. The van der Waals surface area contributed by atoms with Crippen molar-refractivity contribution < 1.29 is 4.79 Å². The Bertz CT molecular complexity index is 716. The van der Waals surface area contributed by atoms with Gasteiger partial charge < -0.3 is 10.6 Å². The molecule has 2 aliphatic heterocycles. The van der Waals surface area contributed by atoms with E-state index in [1.165, 1.54) is 11.1 Å². The van der Waals surface area contributed by atoms with Crippen LogP contribution in [0.4, 0.5) is 11.4 Å². The number of benzene rings is 1. The smallest absolute Gasteiger partial charge is 0.171 e. The maximum absolute atomic E-state index is 12.5. The minimum Gasteiger partial charge on any atom is -0.378 e. The summed E-state index contributed by atoms with van der Waals surface area (Å²) in [6.45, 7) is 13.0. The second-order valence-corrected chi connectivity index (χ2v) is 9.47. The average molecular weight is 330 g/mol. The fourth-order valence-electron chi connectivity index (χ4n) is 3.49. The van der Waals surface area contributed by atoms with Crippen LogP contribution in [-0.4, -0.2) is 21.8 Å². The lowest BCUT2D eigenvalue weighted by Gasteiger charge is -2.28. The second-order valence-electron chi connectivity index (χ2n) is 7.87. The first-order chi connectivity index (χ1) is 10.6. The molecule has 2 heterocycles. The van der Waals surface area contributed by atoms with Gasteiger partial charge in [0.2, 0.25) is 0 Å². The minimum atomic E-state index is -0.125. The van der Waals surface area contributed by atoms with Crippen LogP contribution in [0.5, 0.6) is 0 Å². The highest BCUT2D eigenvalue weighted by molar-refractivity contribution is 8.02. The topological polar surface area (TPSA) is 41.1 Å². The van der Waals surface area contributed by atoms with Crippen molar-refractivity contribution in [3.05, 3.63) is 34.5 Å². The molecule has 0 atom stereocenters. The van der Waals surface area contributed by atoms with E-state index in [-0.39, 0.29) is 16.1 Å². The third-order valence-electron chi connectivity index (χ3n) is 4.76. The van der Waals surface area contributed by atoms with Crippen LogP contribution in [-0.2, 0) is 4.79 Å². The van der Waals surface area contributed by atoms with Gasteiger partial charge in [-0.1, -0.05) is 0 Å². The van der Waals surface area contributed by atoms with E-state index in [4.69, 9.17) is 0 Å². The first kappa shape index (κ1) is 16.4. The number of rotatable bonds is 0. The first-order valence-corrected chi connectivity index (χ1v) is 9.15. The van der Waals surface area contributed by atoms with Crippen molar-refractivity contribution >= 4 is 28.9 Å². The van der Waals surface area contributed by atoms with E-state index >= 15 is 0 Å². The molecule has 3 rings (SSSR count). The predicted molar refractivity (Wildman–Crippen MR) is 100 cm³/mol. The molecular formula is C19H26N2OS. The molecule has 0 radical (unpaired) electrons. The quantitative estimate of drug-likeness (QED) is 0.679. The fourth-order valence-corrected chi connectivity index (χ4v) is 4.51. The Kier molecular flexibility index (Phi) is 3.79. The average Bonchev–Trinajstić information content (AvgIpc) is 2.60. The third-order valence-corrected chi connectivity index (χ3v) is 6.09. The molecule has 1 fully saturated rings. The summed E-state index contributed by atoms with van der Waals surface area (Å²) in [6, 6.07) is 4.38. The summed E-state index contributed by atoms with van der Waals surface area (Å²) in [5.41, 5.74) is 6.65. The van der Waals surface area contributed by atoms with Crippen LogP contribution in [0.15, 0.2) is 23.4 Å². The molecule has 2 N–H and O–H groups in total. The molecule has 0 aromatic heterocycles. The molecule has 0 saturated carbocycles. The Morgan fingerprint density at radius 1 is 1.04 bits per heavy atom. The number of anilines is 2. The van der Waals surface area contributed by atoms with Crippen molar-refractivity contribution in [2.24, 2.45) is 0 Å². The number of carbonyl (C=O) groups excluding carboxylic acids is 1. The Morgan fingerprint density at radius 3 is 2.22 bits per heavy atom. The van der Waals surface area contributed by atoms with Crippen LogP contribution in [0, 0.1) is 13.8 Å². The summed E-state index contributed by atoms with van der Waals surface area (Å²) in [7, 11) is 0. The van der Waals surface area contributed by atoms with E-state index in [1.807, 2.05) is 0 Å². The van der Waals surface area contributed by atoms with E-state index in [0.717, 1.165) is 29.1 Å². The summed E-state index contributed by atoms with van der Waals surface area (Å²) >= 11 is 1.74. The zero-order valence-electron chi connectivity index (χ0n) is 14.9. The summed E-state index contributed by atoms with van der Waals surface area (Å²) in [4.78, 5) is 12.5. The molecule has 0 spiro atoms. The number of nitrogens with one attached hydrogen (secondary N) is 2. The maximum Gasteiger partial charge on any atom is 0.171 e. The lowest BCUT2D eigenvalue weighted by molar-refractivity contribution is -0.113. The number of hydrogen-bond acceptors (Lipinski definition) is 4. The van der Waals surface area contributed by atoms with E-state index < -0.39 is 0 Å². The van der Waals surface area contributed by atoms with E-state index in [1.54, 1.807) is 11.8 Å². The van der Waals surface area contributed by atoms with Crippen molar-refractivity contribution in [1.29, 1.82) is 0 Å². The number of fused-ring (bicyclic) bond motifs is 1. The molecule has 4 heteroatoms. The highest BCUT2D eigenvalue weighted by Crippen LogP contribution is 2.45. The molecule has 0 aliphatic carbocycles. The van der Waals surface area contributed by atoms with Crippen LogP contribution in [0.1, 0.15) is 45.2 Å². The summed E-state index contributed by atoms with van der Waals surface area (Å²) in [6.07, 6.45) is 0.810. The van der Waals surface area contributed by atoms with Crippen molar-refractivity contribution in [3.8, 4) is 0 Å². The highest BCUT2D eigenvalue weighted by atomic mass is 32.2. The highest BCUT2D eigenvalue weighted by Gasteiger charge is 2.40. The van der Waals surface area contributed by atoms with Gasteiger partial charge in [-0.2, -0.15) is 0 Å². The van der Waals surface area contributed by atoms with Gasteiger partial charge in [-0.15, -0.1) is 11.8 Å². The van der Waals surface area contributed by atoms with Crippen LogP contribution < -0.4 is 10.6 Å². The number of aryl methyl sites for hydroxylation is 2. The summed E-state index contributed by atoms with van der Waals surface area (Å²) in [5.74, 6) is 0.854. The Morgan fingerprint density at radius 2 is 1.65 bits per heavy atom. The molecule has 2 aliphatic rings. The normalized spacial score (nSPS) is 25.4. The van der Waals surface area contributed by atoms with E-state index in [2.05, 4.69) is 64.3 Å². The molecule has 124 valence electrons. The van der Waals surface area contributed by atoms with Gasteiger partial charge in [0, 0.05) is 28.0 Å². The van der Waals surface area contributed by atoms with Crippen LogP contribution in [0.3, 0.4) is 0 Å². The van der Waals surface area contributed by atoms with E-state index in [9.17, 15) is 4.79 Å². The Labute approximate surface area is 143 Å². The van der Waals surface area contributed by atoms with Crippen molar-refractivity contribution in [3.63, 3.8) is 0 Å². The van der Waals surface area contributed by atoms with Gasteiger partial charge in [-0.25, -0.2) is 0 Å². The second kappa shape index (κ2) is 5.30. The number of thioether (sulfide) groups is 1.